The van der Waals surface area contributed by atoms with Gasteiger partial charge in [0.15, 0.2) is 6.33 Å². The fourth-order valence-electron chi connectivity index (χ4n) is 2.65. The molecule has 0 aliphatic carbocycles. The smallest absolute Gasteiger partial charge is 0.311 e. The molecule has 1 aliphatic rings. The van der Waals surface area contributed by atoms with Gasteiger partial charge in [-0.25, -0.2) is 0 Å². The first-order valence-electron chi connectivity index (χ1n) is 7.28. The van der Waals surface area contributed by atoms with E-state index < -0.39 is 11.4 Å². The number of rotatable bonds is 5. The quantitative estimate of drug-likeness (QED) is 0.804. The standard InChI is InChI=1S/C14H21N5O3/c1-11(2)4-6-14(13(21)22)5-3-7-18(9-14)12(20)8-19-16-10-15-17-19/h4,10H,3,5-9H2,1-2H3,(H,21,22). The molecule has 1 amide bonds. The number of carbonyl (C=O) groups excluding carboxylic acids is 1. The van der Waals surface area contributed by atoms with E-state index in [1.54, 1.807) is 4.90 Å². The van der Waals surface area contributed by atoms with Gasteiger partial charge in [-0.3, -0.25) is 9.59 Å². The molecule has 1 atom stereocenters. The Morgan fingerprint density at radius 1 is 1.41 bits per heavy atom. The van der Waals surface area contributed by atoms with Gasteiger partial charge in [-0.2, -0.15) is 4.80 Å². The van der Waals surface area contributed by atoms with E-state index in [9.17, 15) is 14.7 Å². The average molecular weight is 307 g/mol. The van der Waals surface area contributed by atoms with Crippen LogP contribution in [0.3, 0.4) is 0 Å². The van der Waals surface area contributed by atoms with Crippen molar-refractivity contribution in [2.45, 2.75) is 39.7 Å². The monoisotopic (exact) mass is 307 g/mol. The van der Waals surface area contributed by atoms with Gasteiger partial charge < -0.3 is 10.0 Å². The van der Waals surface area contributed by atoms with Crippen LogP contribution in [-0.4, -0.2) is 55.2 Å². The molecule has 120 valence electrons. The Balaban J connectivity index is 2.09. The summed E-state index contributed by atoms with van der Waals surface area (Å²) in [6.07, 6.45) is 4.90. The third-order valence-electron chi connectivity index (χ3n) is 3.95. The molecule has 2 heterocycles. The summed E-state index contributed by atoms with van der Waals surface area (Å²) in [4.78, 5) is 26.9. The Hall–Kier alpha value is -2.25. The first kappa shape index (κ1) is 16.1. The summed E-state index contributed by atoms with van der Waals surface area (Å²) >= 11 is 0. The third-order valence-corrected chi connectivity index (χ3v) is 3.95. The molecule has 1 fully saturated rings. The van der Waals surface area contributed by atoms with E-state index in [0.717, 1.165) is 5.57 Å². The van der Waals surface area contributed by atoms with E-state index in [4.69, 9.17) is 0 Å². The fourth-order valence-corrected chi connectivity index (χ4v) is 2.65. The molecule has 1 aliphatic heterocycles. The van der Waals surface area contributed by atoms with Gasteiger partial charge in [0.25, 0.3) is 0 Å². The zero-order valence-electron chi connectivity index (χ0n) is 12.9. The van der Waals surface area contributed by atoms with Gasteiger partial charge in [-0.15, -0.1) is 10.2 Å². The minimum atomic E-state index is -0.902. The van der Waals surface area contributed by atoms with Gasteiger partial charge in [0.2, 0.25) is 5.91 Å². The molecular formula is C14H21N5O3. The van der Waals surface area contributed by atoms with E-state index in [0.29, 0.717) is 25.8 Å². The lowest BCUT2D eigenvalue weighted by Crippen LogP contribution is -2.50. The first-order chi connectivity index (χ1) is 10.4. The molecule has 8 heteroatoms. The van der Waals surface area contributed by atoms with Crippen molar-refractivity contribution < 1.29 is 14.7 Å². The minimum Gasteiger partial charge on any atom is -0.481 e. The van der Waals surface area contributed by atoms with Crippen molar-refractivity contribution in [2.24, 2.45) is 5.41 Å². The molecule has 0 bridgehead atoms. The predicted octanol–water partition coefficient (Wildman–Crippen LogP) is 0.723. The van der Waals surface area contributed by atoms with E-state index >= 15 is 0 Å². The summed E-state index contributed by atoms with van der Waals surface area (Å²) in [6.45, 7) is 4.66. The number of hydrogen-bond acceptors (Lipinski definition) is 5. The van der Waals surface area contributed by atoms with Crippen LogP contribution in [0.1, 0.15) is 33.1 Å². The molecule has 1 aromatic heterocycles. The second-order valence-corrected chi connectivity index (χ2v) is 5.96. The summed E-state index contributed by atoms with van der Waals surface area (Å²) < 4.78 is 0. The maximum Gasteiger partial charge on any atom is 0.311 e. The normalized spacial score (nSPS) is 21.5. The van der Waals surface area contributed by atoms with Crippen LogP contribution in [-0.2, 0) is 16.1 Å². The predicted molar refractivity (Wildman–Crippen MR) is 77.7 cm³/mol. The summed E-state index contributed by atoms with van der Waals surface area (Å²) in [5.74, 6) is -1.03. The van der Waals surface area contributed by atoms with Gasteiger partial charge in [-0.05, 0) is 38.3 Å². The topological polar surface area (TPSA) is 101 Å². The molecule has 0 aromatic carbocycles. The number of piperidine rings is 1. The Kier molecular flexibility index (Phi) is 4.89. The fraction of sp³-hybridized carbons (Fsp3) is 0.643. The van der Waals surface area contributed by atoms with Crippen LogP contribution in [0.25, 0.3) is 0 Å². The lowest BCUT2D eigenvalue weighted by molar-refractivity contribution is -0.155. The van der Waals surface area contributed by atoms with Crippen LogP contribution in [0, 0.1) is 5.41 Å². The number of carbonyl (C=O) groups is 2. The van der Waals surface area contributed by atoms with Crippen LogP contribution in [0.15, 0.2) is 18.0 Å². The second-order valence-electron chi connectivity index (χ2n) is 5.96. The maximum absolute atomic E-state index is 12.3. The summed E-state index contributed by atoms with van der Waals surface area (Å²) in [6, 6.07) is 0. The van der Waals surface area contributed by atoms with Crippen molar-refractivity contribution in [3.8, 4) is 0 Å². The van der Waals surface area contributed by atoms with E-state index in [1.165, 1.54) is 11.1 Å². The Morgan fingerprint density at radius 2 is 2.18 bits per heavy atom. The highest BCUT2D eigenvalue weighted by Gasteiger charge is 2.42. The van der Waals surface area contributed by atoms with Crippen LogP contribution in [0.5, 0.6) is 0 Å². The Morgan fingerprint density at radius 3 is 2.77 bits per heavy atom. The molecular weight excluding hydrogens is 286 g/mol. The highest BCUT2D eigenvalue weighted by molar-refractivity contribution is 5.79. The molecule has 1 saturated heterocycles. The van der Waals surface area contributed by atoms with Gasteiger partial charge >= 0.3 is 5.97 Å². The van der Waals surface area contributed by atoms with Crippen LogP contribution >= 0.6 is 0 Å². The molecule has 0 saturated carbocycles. The minimum absolute atomic E-state index is 0.0155. The SMILES string of the molecule is CC(C)=CCC1(C(=O)O)CCCN(C(=O)Cn2ncnn2)C1. The van der Waals surface area contributed by atoms with E-state index in [-0.39, 0.29) is 19.0 Å². The first-order valence-corrected chi connectivity index (χ1v) is 7.28. The number of allylic oxidation sites excluding steroid dienone is 2. The summed E-state index contributed by atoms with van der Waals surface area (Å²) in [7, 11) is 0. The van der Waals surface area contributed by atoms with Gasteiger partial charge in [0.05, 0.1) is 5.41 Å². The Bertz CT molecular complexity index is 565. The van der Waals surface area contributed by atoms with Crippen molar-refractivity contribution >= 4 is 11.9 Å². The lowest BCUT2D eigenvalue weighted by atomic mass is 9.76. The average Bonchev–Trinajstić information content (AvgIpc) is 2.98. The zero-order valence-corrected chi connectivity index (χ0v) is 12.9. The molecule has 0 spiro atoms. The number of tetrazole rings is 1. The van der Waals surface area contributed by atoms with Gasteiger partial charge in [0, 0.05) is 13.1 Å². The number of carboxylic acid groups (broad SMARTS) is 1. The van der Waals surface area contributed by atoms with E-state index in [2.05, 4.69) is 15.4 Å². The molecule has 2 rings (SSSR count). The van der Waals surface area contributed by atoms with Crippen molar-refractivity contribution in [1.29, 1.82) is 0 Å². The molecule has 8 nitrogen and oxygen atoms in total. The van der Waals surface area contributed by atoms with Crippen molar-refractivity contribution in [3.63, 3.8) is 0 Å². The maximum atomic E-state index is 12.3. The van der Waals surface area contributed by atoms with Crippen LogP contribution in [0.4, 0.5) is 0 Å². The molecule has 0 radical (unpaired) electrons. The summed E-state index contributed by atoms with van der Waals surface area (Å²) in [5, 5.41) is 20.7. The number of amides is 1. The van der Waals surface area contributed by atoms with Crippen LogP contribution < -0.4 is 0 Å². The number of likely N-dealkylation sites (tertiary alicyclic amines) is 1. The zero-order chi connectivity index (χ0) is 16.2. The highest BCUT2D eigenvalue weighted by atomic mass is 16.4. The number of nitrogens with zero attached hydrogens (tertiary/aromatic N) is 5. The third kappa shape index (κ3) is 3.69. The van der Waals surface area contributed by atoms with Crippen molar-refractivity contribution in [1.82, 2.24) is 25.1 Å². The molecule has 1 aromatic rings. The highest BCUT2D eigenvalue weighted by Crippen LogP contribution is 2.35. The van der Waals surface area contributed by atoms with Crippen LogP contribution in [0.2, 0.25) is 0 Å². The lowest BCUT2D eigenvalue weighted by Gasteiger charge is -2.39. The summed E-state index contributed by atoms with van der Waals surface area (Å²) in [5.41, 5.74) is 0.178. The Labute approximate surface area is 128 Å². The van der Waals surface area contributed by atoms with Gasteiger partial charge in [0.1, 0.15) is 6.54 Å². The van der Waals surface area contributed by atoms with Crippen molar-refractivity contribution in [3.05, 3.63) is 18.0 Å². The second kappa shape index (κ2) is 6.67. The van der Waals surface area contributed by atoms with Crippen molar-refractivity contribution in [2.75, 3.05) is 13.1 Å². The molecule has 1 unspecified atom stereocenters. The number of hydrogen-bond donors (Lipinski definition) is 1. The molecule has 22 heavy (non-hydrogen) atoms. The largest absolute Gasteiger partial charge is 0.481 e. The number of aromatic nitrogens is 4. The van der Waals surface area contributed by atoms with E-state index in [1.807, 2.05) is 19.9 Å². The number of aliphatic carboxylic acids is 1. The molecule has 1 N–H and O–H groups in total. The van der Waals surface area contributed by atoms with Gasteiger partial charge in [-0.1, -0.05) is 11.6 Å². The number of carboxylic acids is 1.